The molecule has 0 spiro atoms. The first-order chi connectivity index (χ1) is 13.4. The van der Waals surface area contributed by atoms with Crippen LogP contribution in [0, 0.1) is 5.41 Å². The number of nitrogens with zero attached hydrogens (tertiary/aromatic N) is 1. The molecule has 9 heteroatoms. The van der Waals surface area contributed by atoms with Crippen LogP contribution in [-0.2, 0) is 23.9 Å². The van der Waals surface area contributed by atoms with Crippen LogP contribution in [0.15, 0.2) is 24.3 Å². The highest BCUT2D eigenvalue weighted by Gasteiger charge is 2.49. The third-order valence-corrected chi connectivity index (χ3v) is 4.76. The Bertz CT molecular complexity index is 725. The molecule has 1 aromatic carbocycles. The van der Waals surface area contributed by atoms with Gasteiger partial charge in [-0.1, -0.05) is 31.0 Å². The predicted octanol–water partition coefficient (Wildman–Crippen LogP) is 2.35. The highest BCUT2D eigenvalue weighted by Crippen LogP contribution is 2.32. The van der Waals surface area contributed by atoms with Gasteiger partial charge in [0.15, 0.2) is 5.41 Å². The normalized spacial score (nSPS) is 13.5. The van der Waals surface area contributed by atoms with Gasteiger partial charge in [-0.15, -0.1) is 11.6 Å². The van der Waals surface area contributed by atoms with Crippen molar-refractivity contribution in [1.29, 1.82) is 0 Å². The molecule has 0 aliphatic carbocycles. The largest absolute Gasteiger partial charge is 0.462 e. The van der Waals surface area contributed by atoms with Gasteiger partial charge in [0.05, 0.1) is 24.3 Å². The summed E-state index contributed by atoms with van der Waals surface area (Å²) in [7, 11) is 0. The van der Waals surface area contributed by atoms with Crippen molar-refractivity contribution in [2.75, 3.05) is 25.7 Å². The number of hydrogen-bond acceptors (Lipinski definition) is 7. The number of esters is 1. The van der Waals surface area contributed by atoms with Crippen LogP contribution in [0.4, 0.5) is 0 Å². The molecule has 1 heterocycles. The average Bonchev–Trinajstić information content (AvgIpc) is 2.94. The van der Waals surface area contributed by atoms with Crippen LogP contribution >= 0.6 is 11.6 Å². The highest BCUT2D eigenvalue weighted by atomic mass is 35.5. The zero-order chi connectivity index (χ0) is 20.7. The molecule has 0 unspecified atom stereocenters. The van der Waals surface area contributed by atoms with Gasteiger partial charge < -0.3 is 14.3 Å². The van der Waals surface area contributed by atoms with Crippen molar-refractivity contribution in [3.63, 3.8) is 0 Å². The van der Waals surface area contributed by atoms with E-state index in [0.29, 0.717) is 17.6 Å². The van der Waals surface area contributed by atoms with Crippen LogP contribution in [0.3, 0.4) is 0 Å². The van der Waals surface area contributed by atoms with Gasteiger partial charge >= 0.3 is 11.9 Å². The van der Waals surface area contributed by atoms with E-state index in [2.05, 4.69) is 0 Å². The molecular formula is C19H22ClNO7. The van der Waals surface area contributed by atoms with E-state index in [0.717, 1.165) is 0 Å². The molecule has 1 aliphatic heterocycles. The molecule has 0 bridgehead atoms. The van der Waals surface area contributed by atoms with E-state index in [1.54, 1.807) is 26.0 Å². The van der Waals surface area contributed by atoms with Crippen molar-refractivity contribution in [2.24, 2.45) is 5.41 Å². The first-order valence-electron chi connectivity index (χ1n) is 8.94. The van der Waals surface area contributed by atoms with Crippen molar-refractivity contribution in [2.45, 2.75) is 26.7 Å². The highest BCUT2D eigenvalue weighted by molar-refractivity contribution is 6.21. The Kier molecular flexibility index (Phi) is 7.53. The summed E-state index contributed by atoms with van der Waals surface area (Å²) in [5.41, 5.74) is -1.36. The van der Waals surface area contributed by atoms with Crippen molar-refractivity contribution < 1.29 is 33.5 Å². The number of amides is 2. The number of imide groups is 1. The van der Waals surface area contributed by atoms with Crippen molar-refractivity contribution in [1.82, 2.24) is 5.06 Å². The molecule has 8 nitrogen and oxygen atoms in total. The van der Waals surface area contributed by atoms with Gasteiger partial charge in [0.25, 0.3) is 11.8 Å². The number of halogens is 1. The minimum absolute atomic E-state index is 0.0578. The fourth-order valence-electron chi connectivity index (χ4n) is 2.82. The number of hydrogen-bond donors (Lipinski definition) is 0. The Labute approximate surface area is 167 Å². The van der Waals surface area contributed by atoms with Gasteiger partial charge in [-0.05, 0) is 25.0 Å². The maximum Gasteiger partial charge on any atom is 0.350 e. The number of carbonyl (C=O) groups excluding carboxylic acids is 4. The van der Waals surface area contributed by atoms with Crippen molar-refractivity contribution in [3.8, 4) is 0 Å². The second-order valence-electron chi connectivity index (χ2n) is 6.06. The molecule has 0 aromatic heterocycles. The number of rotatable bonds is 10. The molecule has 0 saturated heterocycles. The summed E-state index contributed by atoms with van der Waals surface area (Å²) in [4.78, 5) is 55.2. The Morgan fingerprint density at radius 3 is 2.04 bits per heavy atom. The first kappa shape index (κ1) is 21.8. The summed E-state index contributed by atoms with van der Waals surface area (Å²) >= 11 is 5.49. The van der Waals surface area contributed by atoms with Crippen LogP contribution < -0.4 is 0 Å². The van der Waals surface area contributed by atoms with Gasteiger partial charge in [0.1, 0.15) is 6.61 Å². The zero-order valence-electron chi connectivity index (χ0n) is 15.7. The van der Waals surface area contributed by atoms with Gasteiger partial charge in [-0.3, -0.25) is 14.4 Å². The van der Waals surface area contributed by atoms with Crippen molar-refractivity contribution >= 4 is 35.4 Å². The Morgan fingerprint density at radius 1 is 0.964 bits per heavy atom. The molecule has 0 radical (unpaired) electrons. The molecule has 2 amide bonds. The lowest BCUT2D eigenvalue weighted by atomic mass is 9.82. The number of alkyl halides is 1. The van der Waals surface area contributed by atoms with Crippen molar-refractivity contribution in [3.05, 3.63) is 35.4 Å². The third kappa shape index (κ3) is 4.18. The van der Waals surface area contributed by atoms with Gasteiger partial charge in [-0.25, -0.2) is 4.79 Å². The summed E-state index contributed by atoms with van der Waals surface area (Å²) in [5, 5.41) is 0.393. The molecule has 0 atom stereocenters. The molecule has 0 N–H and O–H groups in total. The summed E-state index contributed by atoms with van der Waals surface area (Å²) < 4.78 is 10.3. The lowest BCUT2D eigenvalue weighted by Gasteiger charge is -2.27. The van der Waals surface area contributed by atoms with E-state index in [1.807, 2.05) is 0 Å². The van der Waals surface area contributed by atoms with E-state index in [-0.39, 0.29) is 37.2 Å². The van der Waals surface area contributed by atoms with E-state index in [4.69, 9.17) is 25.9 Å². The Balaban J connectivity index is 2.09. The summed E-state index contributed by atoms with van der Waals surface area (Å²) in [6, 6.07) is 6.12. The monoisotopic (exact) mass is 411 g/mol. The van der Waals surface area contributed by atoms with E-state index >= 15 is 0 Å². The second-order valence-corrected chi connectivity index (χ2v) is 6.43. The van der Waals surface area contributed by atoms with Crippen LogP contribution in [-0.4, -0.2) is 54.5 Å². The lowest BCUT2D eigenvalue weighted by Crippen LogP contribution is -2.45. The number of benzene rings is 1. The van der Waals surface area contributed by atoms with Gasteiger partial charge in [0, 0.05) is 5.88 Å². The molecule has 2 rings (SSSR count). The smallest absolute Gasteiger partial charge is 0.350 e. The second kappa shape index (κ2) is 9.66. The summed E-state index contributed by atoms with van der Waals surface area (Å²) in [5.74, 6) is -3.00. The minimum Gasteiger partial charge on any atom is -0.462 e. The molecule has 1 aliphatic rings. The zero-order valence-corrected chi connectivity index (χ0v) is 16.5. The quantitative estimate of drug-likeness (QED) is 0.191. The number of hydroxylamine groups is 2. The maximum atomic E-state index is 12.8. The molecule has 1 aromatic rings. The first-order valence-corrected chi connectivity index (χ1v) is 9.47. The van der Waals surface area contributed by atoms with Gasteiger partial charge in [-0.2, -0.15) is 0 Å². The summed E-state index contributed by atoms with van der Waals surface area (Å²) in [6.07, 6.45) is 0.153. The van der Waals surface area contributed by atoms with E-state index in [9.17, 15) is 19.2 Å². The van der Waals surface area contributed by atoms with Crippen LogP contribution in [0.2, 0.25) is 0 Å². The number of ether oxygens (including phenoxy) is 2. The fourth-order valence-corrected chi connectivity index (χ4v) is 2.93. The van der Waals surface area contributed by atoms with Crippen LogP contribution in [0.25, 0.3) is 0 Å². The SMILES string of the molecule is CCC(CC)(C(=O)OCCOCCCl)C(=O)ON1C(=O)c2ccccc2C1=O. The van der Waals surface area contributed by atoms with Crippen LogP contribution in [0.1, 0.15) is 47.4 Å². The van der Waals surface area contributed by atoms with E-state index in [1.165, 1.54) is 12.1 Å². The maximum absolute atomic E-state index is 12.8. The average molecular weight is 412 g/mol. The minimum atomic E-state index is -1.64. The standard InChI is InChI=1S/C19H22ClNO7/c1-3-19(4-2,17(24)27-12-11-26-10-9-20)18(25)28-21-15(22)13-7-5-6-8-14(13)16(21)23/h5-8H,3-4,9-12H2,1-2H3. The number of fused-ring (bicyclic) bond motifs is 1. The summed E-state index contributed by atoms with van der Waals surface area (Å²) in [6.45, 7) is 3.64. The molecule has 0 fully saturated rings. The topological polar surface area (TPSA) is 99.2 Å². The lowest BCUT2D eigenvalue weighted by molar-refractivity contribution is -0.190. The Hall–Kier alpha value is -2.45. The van der Waals surface area contributed by atoms with E-state index < -0.39 is 29.2 Å². The predicted molar refractivity (Wildman–Crippen MR) is 98.5 cm³/mol. The molecule has 28 heavy (non-hydrogen) atoms. The number of carbonyl (C=O) groups is 4. The third-order valence-electron chi connectivity index (χ3n) is 4.60. The Morgan fingerprint density at radius 2 is 1.54 bits per heavy atom. The molecule has 0 saturated carbocycles. The van der Waals surface area contributed by atoms with Gasteiger partial charge in [0.2, 0.25) is 0 Å². The molecular weight excluding hydrogens is 390 g/mol. The fraction of sp³-hybridized carbons (Fsp3) is 0.474. The van der Waals surface area contributed by atoms with Crippen LogP contribution in [0.5, 0.6) is 0 Å². The molecule has 152 valence electrons.